The van der Waals surface area contributed by atoms with Crippen LogP contribution in [0.3, 0.4) is 0 Å². The molecule has 0 aliphatic heterocycles. The lowest BCUT2D eigenvalue weighted by atomic mass is 10.1. The highest BCUT2D eigenvalue weighted by Gasteiger charge is 2.09. The summed E-state index contributed by atoms with van der Waals surface area (Å²) >= 11 is 3.40. The Bertz CT molecular complexity index is 418. The van der Waals surface area contributed by atoms with Crippen molar-refractivity contribution in [2.75, 3.05) is 14.2 Å². The largest absolute Gasteiger partial charge is 0.496 e. The minimum absolute atomic E-state index is 0.204. The summed E-state index contributed by atoms with van der Waals surface area (Å²) in [7, 11) is 3.23. The number of carboxylic acid groups (broad SMARTS) is 1. The highest BCUT2D eigenvalue weighted by molar-refractivity contribution is 9.10. The molecule has 0 saturated carbocycles. The van der Waals surface area contributed by atoms with Gasteiger partial charge < -0.3 is 14.6 Å². The molecule has 0 fully saturated rings. The van der Waals surface area contributed by atoms with E-state index in [1.807, 2.05) is 12.1 Å². The number of unbranched alkanes of at least 4 members (excludes halogenated alkanes) is 1. The molecular weight excluding hydrogens is 300 g/mol. The quantitative estimate of drug-likeness (QED) is 0.784. The van der Waals surface area contributed by atoms with E-state index in [0.717, 1.165) is 34.4 Å². The van der Waals surface area contributed by atoms with Gasteiger partial charge >= 0.3 is 5.97 Å². The molecule has 1 rings (SSSR count). The molecule has 5 heteroatoms. The standard InChI is InChI=1S/C13H17BrO4/c1-17-11-8-10(14)12(18-2)7-9(11)5-3-4-6-13(15)16/h7-8H,3-6H2,1-2H3,(H,15,16). The van der Waals surface area contributed by atoms with Crippen LogP contribution in [0.4, 0.5) is 0 Å². The van der Waals surface area contributed by atoms with Crippen LogP contribution in [0.5, 0.6) is 11.5 Å². The van der Waals surface area contributed by atoms with Crippen LogP contribution < -0.4 is 9.47 Å². The average Bonchev–Trinajstić information content (AvgIpc) is 2.35. The molecule has 1 aromatic carbocycles. The summed E-state index contributed by atoms with van der Waals surface area (Å²) in [5.41, 5.74) is 1.03. The molecule has 1 N–H and O–H groups in total. The maximum Gasteiger partial charge on any atom is 0.303 e. The second-order valence-corrected chi connectivity index (χ2v) is 4.75. The summed E-state index contributed by atoms with van der Waals surface area (Å²) in [6.07, 6.45) is 2.46. The summed E-state index contributed by atoms with van der Waals surface area (Å²) in [6.45, 7) is 0. The van der Waals surface area contributed by atoms with Crippen LogP contribution in [0.25, 0.3) is 0 Å². The summed E-state index contributed by atoms with van der Waals surface area (Å²) in [5, 5.41) is 8.58. The van der Waals surface area contributed by atoms with Crippen molar-refractivity contribution in [1.82, 2.24) is 0 Å². The van der Waals surface area contributed by atoms with Crippen LogP contribution in [-0.4, -0.2) is 25.3 Å². The van der Waals surface area contributed by atoms with E-state index in [1.54, 1.807) is 14.2 Å². The molecule has 0 bridgehead atoms. The van der Waals surface area contributed by atoms with Gasteiger partial charge in [-0.1, -0.05) is 0 Å². The van der Waals surface area contributed by atoms with Crippen molar-refractivity contribution in [3.05, 3.63) is 22.2 Å². The number of carboxylic acids is 1. The van der Waals surface area contributed by atoms with Crippen LogP contribution in [0.1, 0.15) is 24.8 Å². The van der Waals surface area contributed by atoms with Gasteiger partial charge in [0.2, 0.25) is 0 Å². The highest BCUT2D eigenvalue weighted by Crippen LogP contribution is 2.33. The fraction of sp³-hybridized carbons (Fsp3) is 0.462. The van der Waals surface area contributed by atoms with E-state index in [9.17, 15) is 4.79 Å². The van der Waals surface area contributed by atoms with E-state index in [2.05, 4.69) is 15.9 Å². The Balaban J connectivity index is 2.70. The summed E-state index contributed by atoms with van der Waals surface area (Å²) in [4.78, 5) is 10.4. The first-order chi connectivity index (χ1) is 8.58. The maximum absolute atomic E-state index is 10.4. The highest BCUT2D eigenvalue weighted by atomic mass is 79.9. The van der Waals surface area contributed by atoms with Crippen molar-refractivity contribution in [2.45, 2.75) is 25.7 Å². The van der Waals surface area contributed by atoms with E-state index in [4.69, 9.17) is 14.6 Å². The molecule has 0 aliphatic carbocycles. The Morgan fingerprint density at radius 2 is 1.89 bits per heavy atom. The zero-order chi connectivity index (χ0) is 13.5. The third-order valence-corrected chi connectivity index (χ3v) is 3.26. The minimum atomic E-state index is -0.754. The molecule has 100 valence electrons. The van der Waals surface area contributed by atoms with E-state index >= 15 is 0 Å². The fourth-order valence-corrected chi connectivity index (χ4v) is 2.19. The Morgan fingerprint density at radius 1 is 1.22 bits per heavy atom. The zero-order valence-electron chi connectivity index (χ0n) is 10.5. The van der Waals surface area contributed by atoms with E-state index < -0.39 is 5.97 Å². The molecule has 0 amide bonds. The number of benzene rings is 1. The number of aryl methyl sites for hydroxylation is 1. The Hall–Kier alpha value is -1.23. The van der Waals surface area contributed by atoms with Crippen molar-refractivity contribution >= 4 is 21.9 Å². The SMILES string of the molecule is COc1cc(CCCCC(=O)O)c(OC)cc1Br. The van der Waals surface area contributed by atoms with Crippen molar-refractivity contribution in [3.8, 4) is 11.5 Å². The van der Waals surface area contributed by atoms with Gasteiger partial charge in [0.05, 0.1) is 18.7 Å². The smallest absolute Gasteiger partial charge is 0.303 e. The van der Waals surface area contributed by atoms with Gasteiger partial charge in [0.1, 0.15) is 11.5 Å². The molecule has 0 spiro atoms. The lowest BCUT2D eigenvalue weighted by molar-refractivity contribution is -0.137. The zero-order valence-corrected chi connectivity index (χ0v) is 12.1. The van der Waals surface area contributed by atoms with Gasteiger partial charge in [-0.05, 0) is 52.9 Å². The molecule has 0 aliphatic rings. The van der Waals surface area contributed by atoms with E-state index in [-0.39, 0.29) is 6.42 Å². The monoisotopic (exact) mass is 316 g/mol. The normalized spacial score (nSPS) is 10.2. The number of aliphatic carboxylic acids is 1. The summed E-state index contributed by atoms with van der Waals surface area (Å²) in [5.74, 6) is 0.789. The number of methoxy groups -OCH3 is 2. The third kappa shape index (κ3) is 4.22. The van der Waals surface area contributed by atoms with Gasteiger partial charge in [-0.25, -0.2) is 0 Å². The van der Waals surface area contributed by atoms with Crippen LogP contribution in [0, 0.1) is 0 Å². The van der Waals surface area contributed by atoms with Gasteiger partial charge in [0, 0.05) is 6.42 Å². The molecule has 18 heavy (non-hydrogen) atoms. The molecule has 0 radical (unpaired) electrons. The first kappa shape index (κ1) is 14.8. The number of carbonyl (C=O) groups is 1. The van der Waals surface area contributed by atoms with Crippen molar-refractivity contribution in [2.24, 2.45) is 0 Å². The molecule has 4 nitrogen and oxygen atoms in total. The predicted molar refractivity (Wildman–Crippen MR) is 72.4 cm³/mol. The molecule has 0 unspecified atom stereocenters. The van der Waals surface area contributed by atoms with E-state index in [0.29, 0.717) is 6.42 Å². The Kier molecular flexibility index (Phi) is 5.98. The molecular formula is C13H17BrO4. The topological polar surface area (TPSA) is 55.8 Å². The van der Waals surface area contributed by atoms with Crippen LogP contribution in [-0.2, 0) is 11.2 Å². The predicted octanol–water partition coefficient (Wildman–Crippen LogP) is 3.26. The minimum Gasteiger partial charge on any atom is -0.496 e. The van der Waals surface area contributed by atoms with Gasteiger partial charge in [0.15, 0.2) is 0 Å². The van der Waals surface area contributed by atoms with Crippen molar-refractivity contribution in [1.29, 1.82) is 0 Å². The third-order valence-electron chi connectivity index (χ3n) is 2.64. The van der Waals surface area contributed by atoms with Gasteiger partial charge in [-0.2, -0.15) is 0 Å². The second kappa shape index (κ2) is 7.26. The van der Waals surface area contributed by atoms with Gasteiger partial charge in [0.25, 0.3) is 0 Å². The number of halogens is 1. The molecule has 0 heterocycles. The molecule has 1 aromatic rings. The Labute approximate surface area is 115 Å². The lowest BCUT2D eigenvalue weighted by Gasteiger charge is -2.12. The van der Waals surface area contributed by atoms with Crippen LogP contribution >= 0.6 is 15.9 Å². The average molecular weight is 317 g/mol. The maximum atomic E-state index is 10.4. The number of hydrogen-bond donors (Lipinski definition) is 1. The second-order valence-electron chi connectivity index (χ2n) is 3.90. The fourth-order valence-electron chi connectivity index (χ4n) is 1.71. The van der Waals surface area contributed by atoms with Crippen LogP contribution in [0.15, 0.2) is 16.6 Å². The summed E-state index contributed by atoms with van der Waals surface area (Å²) in [6, 6.07) is 3.79. The lowest BCUT2D eigenvalue weighted by Crippen LogP contribution is -1.97. The van der Waals surface area contributed by atoms with Crippen LogP contribution in [0.2, 0.25) is 0 Å². The first-order valence-electron chi connectivity index (χ1n) is 5.70. The first-order valence-corrected chi connectivity index (χ1v) is 6.50. The van der Waals surface area contributed by atoms with Gasteiger partial charge in [-0.3, -0.25) is 4.79 Å². The molecule has 0 aromatic heterocycles. The number of hydrogen-bond acceptors (Lipinski definition) is 3. The number of ether oxygens (including phenoxy) is 2. The molecule has 0 atom stereocenters. The number of rotatable bonds is 7. The van der Waals surface area contributed by atoms with E-state index in [1.165, 1.54) is 0 Å². The Morgan fingerprint density at radius 3 is 2.44 bits per heavy atom. The van der Waals surface area contributed by atoms with Crippen molar-refractivity contribution < 1.29 is 19.4 Å². The van der Waals surface area contributed by atoms with Crippen molar-refractivity contribution in [3.63, 3.8) is 0 Å². The molecule has 0 saturated heterocycles. The summed E-state index contributed by atoms with van der Waals surface area (Å²) < 4.78 is 11.4. The van der Waals surface area contributed by atoms with Gasteiger partial charge in [-0.15, -0.1) is 0 Å².